The molecule has 0 unspecified atom stereocenters. The Kier molecular flexibility index (Phi) is 2.55. The maximum Gasteiger partial charge on any atom is 0.129 e. The first kappa shape index (κ1) is 10.6. The summed E-state index contributed by atoms with van der Waals surface area (Å²) in [6, 6.07) is 3.82. The first-order valence-electron chi connectivity index (χ1n) is 5.59. The van der Waals surface area contributed by atoms with Crippen LogP contribution in [0.3, 0.4) is 0 Å². The zero-order valence-corrected chi connectivity index (χ0v) is 9.44. The van der Waals surface area contributed by atoms with Gasteiger partial charge in [0.15, 0.2) is 0 Å². The molecule has 0 saturated heterocycles. The van der Waals surface area contributed by atoms with Crippen molar-refractivity contribution in [2.24, 2.45) is 5.73 Å². The molecule has 1 aliphatic rings. The average molecular weight is 207 g/mol. The molecule has 2 N–H and O–H groups in total. The van der Waals surface area contributed by atoms with Crippen LogP contribution >= 0.6 is 0 Å². The lowest BCUT2D eigenvalue weighted by Gasteiger charge is -2.25. The number of rotatable bonds is 1. The molecule has 1 nitrogen and oxygen atoms in total. The minimum atomic E-state index is -0.205. The van der Waals surface area contributed by atoms with Crippen molar-refractivity contribution in [2.45, 2.75) is 45.1 Å². The Bertz CT molecular complexity index is 355. The minimum absolute atomic E-state index is 0.0969. The van der Waals surface area contributed by atoms with E-state index >= 15 is 0 Å². The lowest BCUT2D eigenvalue weighted by molar-refractivity contribution is 0.459. The van der Waals surface area contributed by atoms with Crippen molar-refractivity contribution in [3.8, 4) is 0 Å². The van der Waals surface area contributed by atoms with Gasteiger partial charge in [0.05, 0.1) is 0 Å². The highest BCUT2D eigenvalue weighted by atomic mass is 19.1. The lowest BCUT2D eigenvalue weighted by Crippen LogP contribution is -2.33. The van der Waals surface area contributed by atoms with E-state index in [4.69, 9.17) is 5.73 Å². The van der Waals surface area contributed by atoms with Crippen LogP contribution < -0.4 is 5.73 Å². The lowest BCUT2D eigenvalue weighted by atomic mass is 9.87. The highest BCUT2D eigenvalue weighted by Crippen LogP contribution is 2.37. The van der Waals surface area contributed by atoms with Gasteiger partial charge in [-0.1, -0.05) is 25.0 Å². The summed E-state index contributed by atoms with van der Waals surface area (Å²) in [4.78, 5) is 0. The summed E-state index contributed by atoms with van der Waals surface area (Å²) in [5, 5.41) is 0. The highest BCUT2D eigenvalue weighted by molar-refractivity contribution is 5.35. The molecule has 1 aromatic carbocycles. The maximum atomic E-state index is 13.5. The number of hydrogen-bond acceptors (Lipinski definition) is 1. The van der Waals surface area contributed by atoms with Crippen LogP contribution in [0.5, 0.6) is 0 Å². The van der Waals surface area contributed by atoms with E-state index in [0.717, 1.165) is 18.4 Å². The third-order valence-corrected chi connectivity index (χ3v) is 3.51. The number of hydrogen-bond donors (Lipinski definition) is 1. The Balaban J connectivity index is 2.45. The predicted octanol–water partition coefficient (Wildman–Crippen LogP) is 3.17. The fraction of sp³-hybridized carbons (Fsp3) is 0.538. The first-order chi connectivity index (χ1) is 7.03. The Labute approximate surface area is 90.5 Å². The smallest absolute Gasteiger partial charge is 0.129 e. The standard InChI is InChI=1S/C13H18FN/c1-9-7-11(8-10(2)12(9)14)13(15)5-3-4-6-13/h7-8H,3-6,15H2,1-2H3. The second-order valence-electron chi connectivity index (χ2n) is 4.79. The van der Waals surface area contributed by atoms with Gasteiger partial charge in [-0.2, -0.15) is 0 Å². The van der Waals surface area contributed by atoms with E-state index in [0.29, 0.717) is 11.1 Å². The molecule has 15 heavy (non-hydrogen) atoms. The SMILES string of the molecule is Cc1cc(C2(N)CCCC2)cc(C)c1F. The van der Waals surface area contributed by atoms with E-state index in [1.807, 2.05) is 26.0 Å². The van der Waals surface area contributed by atoms with Crippen LogP contribution in [0.1, 0.15) is 42.4 Å². The second-order valence-corrected chi connectivity index (χ2v) is 4.79. The number of nitrogens with two attached hydrogens (primary N) is 1. The Hall–Kier alpha value is -0.890. The normalized spacial score (nSPS) is 19.5. The molecule has 0 atom stereocenters. The van der Waals surface area contributed by atoms with Gasteiger partial charge in [0.1, 0.15) is 5.82 Å². The summed E-state index contributed by atoms with van der Waals surface area (Å²) >= 11 is 0. The van der Waals surface area contributed by atoms with E-state index in [1.165, 1.54) is 12.8 Å². The third-order valence-electron chi connectivity index (χ3n) is 3.51. The van der Waals surface area contributed by atoms with Crippen molar-refractivity contribution in [2.75, 3.05) is 0 Å². The van der Waals surface area contributed by atoms with Crippen molar-refractivity contribution < 1.29 is 4.39 Å². The molecular weight excluding hydrogens is 189 g/mol. The van der Waals surface area contributed by atoms with Crippen LogP contribution in [-0.2, 0) is 5.54 Å². The molecular formula is C13H18FN. The number of aryl methyl sites for hydroxylation is 2. The number of benzene rings is 1. The summed E-state index contributed by atoms with van der Waals surface area (Å²) in [5.74, 6) is -0.0969. The van der Waals surface area contributed by atoms with Crippen LogP contribution in [0, 0.1) is 19.7 Å². The largest absolute Gasteiger partial charge is 0.321 e. The molecule has 2 rings (SSSR count). The van der Waals surface area contributed by atoms with Crippen molar-refractivity contribution in [1.82, 2.24) is 0 Å². The monoisotopic (exact) mass is 207 g/mol. The van der Waals surface area contributed by atoms with E-state index in [9.17, 15) is 4.39 Å². The quantitative estimate of drug-likeness (QED) is 0.752. The van der Waals surface area contributed by atoms with Gasteiger partial charge >= 0.3 is 0 Å². The van der Waals surface area contributed by atoms with Gasteiger partial charge in [0, 0.05) is 5.54 Å². The summed E-state index contributed by atoms with van der Waals surface area (Å²) in [5.41, 5.74) is 8.67. The van der Waals surface area contributed by atoms with E-state index in [-0.39, 0.29) is 11.4 Å². The molecule has 0 aliphatic heterocycles. The van der Waals surface area contributed by atoms with Gasteiger partial charge in [0.2, 0.25) is 0 Å². The van der Waals surface area contributed by atoms with Crippen LogP contribution in [0.25, 0.3) is 0 Å². The molecule has 0 spiro atoms. The third kappa shape index (κ3) is 1.78. The van der Waals surface area contributed by atoms with Gasteiger partial charge in [-0.15, -0.1) is 0 Å². The van der Waals surface area contributed by atoms with Gasteiger partial charge in [-0.3, -0.25) is 0 Å². The molecule has 0 bridgehead atoms. The number of halogens is 1. The molecule has 1 fully saturated rings. The highest BCUT2D eigenvalue weighted by Gasteiger charge is 2.31. The fourth-order valence-electron chi connectivity index (χ4n) is 2.53. The van der Waals surface area contributed by atoms with Crippen molar-refractivity contribution in [1.29, 1.82) is 0 Å². The van der Waals surface area contributed by atoms with Gasteiger partial charge in [0.25, 0.3) is 0 Å². The van der Waals surface area contributed by atoms with Gasteiger partial charge in [-0.05, 0) is 43.4 Å². The van der Waals surface area contributed by atoms with Gasteiger partial charge in [-0.25, -0.2) is 4.39 Å². The van der Waals surface area contributed by atoms with Crippen molar-refractivity contribution >= 4 is 0 Å². The minimum Gasteiger partial charge on any atom is -0.321 e. The summed E-state index contributed by atoms with van der Waals surface area (Å²) < 4.78 is 13.5. The predicted molar refractivity (Wildman–Crippen MR) is 60.2 cm³/mol. The molecule has 82 valence electrons. The summed E-state index contributed by atoms with van der Waals surface area (Å²) in [6.45, 7) is 3.62. The molecule has 1 saturated carbocycles. The topological polar surface area (TPSA) is 26.0 Å². The average Bonchev–Trinajstić information content (AvgIpc) is 2.62. The molecule has 0 heterocycles. The fourth-order valence-corrected chi connectivity index (χ4v) is 2.53. The van der Waals surface area contributed by atoms with Gasteiger partial charge < -0.3 is 5.73 Å². The Morgan fingerprint density at radius 3 is 2.07 bits per heavy atom. The van der Waals surface area contributed by atoms with Crippen LogP contribution in [0.15, 0.2) is 12.1 Å². The van der Waals surface area contributed by atoms with Crippen LogP contribution in [0.4, 0.5) is 4.39 Å². The summed E-state index contributed by atoms with van der Waals surface area (Å²) in [6.07, 6.45) is 4.42. The van der Waals surface area contributed by atoms with Crippen LogP contribution in [0.2, 0.25) is 0 Å². The second kappa shape index (κ2) is 3.60. The van der Waals surface area contributed by atoms with E-state index in [2.05, 4.69) is 0 Å². The molecule has 0 aromatic heterocycles. The molecule has 2 heteroatoms. The van der Waals surface area contributed by atoms with Crippen LogP contribution in [-0.4, -0.2) is 0 Å². The molecule has 0 amide bonds. The Morgan fingerprint density at radius 1 is 1.13 bits per heavy atom. The maximum absolute atomic E-state index is 13.5. The van der Waals surface area contributed by atoms with E-state index < -0.39 is 0 Å². The molecule has 1 aliphatic carbocycles. The van der Waals surface area contributed by atoms with Crippen molar-refractivity contribution in [3.05, 3.63) is 34.6 Å². The van der Waals surface area contributed by atoms with Crippen molar-refractivity contribution in [3.63, 3.8) is 0 Å². The molecule has 0 radical (unpaired) electrons. The first-order valence-corrected chi connectivity index (χ1v) is 5.59. The zero-order chi connectivity index (χ0) is 11.1. The summed E-state index contributed by atoms with van der Waals surface area (Å²) in [7, 11) is 0. The molecule has 1 aromatic rings. The zero-order valence-electron chi connectivity index (χ0n) is 9.44. The van der Waals surface area contributed by atoms with E-state index in [1.54, 1.807) is 0 Å². The Morgan fingerprint density at radius 2 is 1.60 bits per heavy atom.